The zero-order chi connectivity index (χ0) is 15.9. The Labute approximate surface area is 134 Å². The third-order valence-corrected chi connectivity index (χ3v) is 5.75. The van der Waals surface area contributed by atoms with Gasteiger partial charge >= 0.3 is 0 Å². The van der Waals surface area contributed by atoms with E-state index in [-0.39, 0.29) is 11.8 Å². The van der Waals surface area contributed by atoms with Gasteiger partial charge in [-0.15, -0.1) is 0 Å². The summed E-state index contributed by atoms with van der Waals surface area (Å²) in [6.45, 7) is 8.24. The molecular formula is C16H23N3O2S. The minimum atomic E-state index is -0.740. The minimum absolute atomic E-state index is 0.0872. The van der Waals surface area contributed by atoms with E-state index in [0.717, 1.165) is 34.8 Å². The van der Waals surface area contributed by atoms with E-state index < -0.39 is 12.2 Å². The van der Waals surface area contributed by atoms with Crippen molar-refractivity contribution in [2.45, 2.75) is 43.6 Å². The van der Waals surface area contributed by atoms with Crippen molar-refractivity contribution in [2.24, 2.45) is 10.9 Å². The SMILES string of the molecule is C=C1NC=Nc2c([C@@H]3C[C@H](CSC(C)C)[C@@H](O)[C@H]3O)c[nH]c21. The smallest absolute Gasteiger partial charge is 0.0953 e. The summed E-state index contributed by atoms with van der Waals surface area (Å²) < 4.78 is 0. The van der Waals surface area contributed by atoms with E-state index >= 15 is 0 Å². The number of hydrogen-bond donors (Lipinski definition) is 4. The van der Waals surface area contributed by atoms with Crippen molar-refractivity contribution < 1.29 is 10.2 Å². The molecule has 5 nitrogen and oxygen atoms in total. The second-order valence-corrected chi connectivity index (χ2v) is 7.92. The predicted octanol–water partition coefficient (Wildman–Crippen LogP) is 2.22. The van der Waals surface area contributed by atoms with E-state index in [2.05, 4.69) is 35.7 Å². The van der Waals surface area contributed by atoms with Crippen molar-refractivity contribution in [2.75, 3.05) is 5.75 Å². The van der Waals surface area contributed by atoms with Gasteiger partial charge in [0.1, 0.15) is 0 Å². The summed E-state index contributed by atoms with van der Waals surface area (Å²) in [7, 11) is 0. The third kappa shape index (κ3) is 2.71. The summed E-state index contributed by atoms with van der Waals surface area (Å²) >= 11 is 1.83. The number of H-pyrrole nitrogens is 1. The first kappa shape index (κ1) is 15.6. The van der Waals surface area contributed by atoms with Crippen LogP contribution in [0.1, 0.15) is 37.4 Å². The van der Waals surface area contributed by atoms with Gasteiger partial charge in [-0.05, 0) is 23.3 Å². The molecule has 4 atom stereocenters. The first-order chi connectivity index (χ1) is 10.5. The highest BCUT2D eigenvalue weighted by Crippen LogP contribution is 2.45. The average Bonchev–Trinajstić information content (AvgIpc) is 3.01. The molecule has 0 aromatic carbocycles. The monoisotopic (exact) mass is 321 g/mol. The number of fused-ring (bicyclic) bond motifs is 1. The standard InChI is InChI=1S/C16H23N3O2S/c1-8(2)22-6-10-4-11(16(21)15(10)20)12-5-17-13-9(3)18-7-19-14(12)13/h5,7-8,10-11,15-17,20-21H,3-4,6H2,1-2H3,(H,18,19)/t10-,11+,15-,16+/m1/s1. The van der Waals surface area contributed by atoms with Crippen LogP contribution >= 0.6 is 11.8 Å². The van der Waals surface area contributed by atoms with Crippen LogP contribution in [0.15, 0.2) is 17.8 Å². The van der Waals surface area contributed by atoms with Crippen LogP contribution in [-0.2, 0) is 0 Å². The molecular weight excluding hydrogens is 298 g/mol. The molecule has 0 unspecified atom stereocenters. The van der Waals surface area contributed by atoms with Gasteiger partial charge in [0.05, 0.1) is 35.6 Å². The molecule has 0 radical (unpaired) electrons. The number of aromatic amines is 1. The summed E-state index contributed by atoms with van der Waals surface area (Å²) in [4.78, 5) is 7.56. The first-order valence-corrected chi connectivity index (χ1v) is 8.71. The number of aliphatic hydroxyl groups excluding tert-OH is 2. The minimum Gasteiger partial charge on any atom is -0.390 e. The third-order valence-electron chi connectivity index (χ3n) is 4.46. The van der Waals surface area contributed by atoms with Crippen molar-refractivity contribution in [3.8, 4) is 0 Å². The number of rotatable bonds is 4. The fourth-order valence-electron chi connectivity index (χ4n) is 3.25. The van der Waals surface area contributed by atoms with Gasteiger partial charge in [0, 0.05) is 17.7 Å². The second kappa shape index (κ2) is 6.10. The van der Waals surface area contributed by atoms with Crippen LogP contribution in [0.25, 0.3) is 5.70 Å². The predicted molar refractivity (Wildman–Crippen MR) is 91.6 cm³/mol. The van der Waals surface area contributed by atoms with Crippen LogP contribution in [-0.4, -0.2) is 44.7 Å². The lowest BCUT2D eigenvalue weighted by molar-refractivity contribution is 0.0190. The molecule has 0 bridgehead atoms. The Morgan fingerprint density at radius 3 is 2.91 bits per heavy atom. The van der Waals surface area contributed by atoms with Crippen LogP contribution in [0.5, 0.6) is 0 Å². The lowest BCUT2D eigenvalue weighted by Gasteiger charge is -2.18. The van der Waals surface area contributed by atoms with Gasteiger partial charge in [-0.1, -0.05) is 20.4 Å². The van der Waals surface area contributed by atoms with Crippen molar-refractivity contribution in [3.63, 3.8) is 0 Å². The van der Waals surface area contributed by atoms with Crippen LogP contribution in [0.4, 0.5) is 5.69 Å². The van der Waals surface area contributed by atoms with Crippen LogP contribution in [0.3, 0.4) is 0 Å². The number of aromatic nitrogens is 1. The molecule has 0 spiro atoms. The zero-order valence-corrected chi connectivity index (χ0v) is 13.7. The molecule has 0 saturated heterocycles. The van der Waals surface area contributed by atoms with Gasteiger partial charge in [-0.25, -0.2) is 4.99 Å². The van der Waals surface area contributed by atoms with Crippen molar-refractivity contribution in [3.05, 3.63) is 24.0 Å². The average molecular weight is 321 g/mol. The molecule has 22 heavy (non-hydrogen) atoms. The molecule has 1 aliphatic carbocycles. The van der Waals surface area contributed by atoms with E-state index in [0.29, 0.717) is 5.25 Å². The maximum absolute atomic E-state index is 10.5. The summed E-state index contributed by atoms with van der Waals surface area (Å²) in [6, 6.07) is 0. The Bertz CT molecular complexity index is 596. The van der Waals surface area contributed by atoms with E-state index in [9.17, 15) is 10.2 Å². The van der Waals surface area contributed by atoms with Crippen LogP contribution < -0.4 is 5.32 Å². The number of aliphatic hydroxyl groups is 2. The first-order valence-electron chi connectivity index (χ1n) is 7.66. The lowest BCUT2D eigenvalue weighted by Crippen LogP contribution is -2.28. The van der Waals surface area contributed by atoms with Gasteiger partial charge in [-0.3, -0.25) is 0 Å². The van der Waals surface area contributed by atoms with Gasteiger partial charge in [0.15, 0.2) is 0 Å². The zero-order valence-electron chi connectivity index (χ0n) is 12.9. The quantitative estimate of drug-likeness (QED) is 0.685. The number of nitrogens with one attached hydrogen (secondary N) is 2. The number of hydrogen-bond acceptors (Lipinski definition) is 5. The van der Waals surface area contributed by atoms with E-state index in [1.165, 1.54) is 0 Å². The maximum Gasteiger partial charge on any atom is 0.0953 e. The highest BCUT2D eigenvalue weighted by molar-refractivity contribution is 7.99. The summed E-state index contributed by atoms with van der Waals surface area (Å²) in [5, 5.41) is 24.3. The van der Waals surface area contributed by atoms with Crippen molar-refractivity contribution in [1.82, 2.24) is 10.3 Å². The van der Waals surface area contributed by atoms with Crippen LogP contribution in [0.2, 0.25) is 0 Å². The Balaban J connectivity index is 1.81. The highest BCUT2D eigenvalue weighted by atomic mass is 32.2. The molecule has 120 valence electrons. The lowest BCUT2D eigenvalue weighted by atomic mass is 9.95. The Morgan fingerprint density at radius 2 is 2.18 bits per heavy atom. The second-order valence-electron chi connectivity index (χ2n) is 6.31. The molecule has 0 amide bonds. The highest BCUT2D eigenvalue weighted by Gasteiger charge is 2.43. The number of thioether (sulfide) groups is 1. The summed E-state index contributed by atoms with van der Waals surface area (Å²) in [5.41, 5.74) is 3.44. The molecule has 6 heteroatoms. The molecule has 1 aromatic heterocycles. The van der Waals surface area contributed by atoms with Crippen molar-refractivity contribution >= 4 is 29.5 Å². The normalized spacial score (nSPS) is 30.7. The fourth-order valence-corrected chi connectivity index (χ4v) is 4.21. The van der Waals surface area contributed by atoms with E-state index in [1.807, 2.05) is 18.0 Å². The molecule has 1 aliphatic heterocycles. The number of aliphatic imine (C=N–C) groups is 1. The maximum atomic E-state index is 10.5. The summed E-state index contributed by atoms with van der Waals surface area (Å²) in [5.74, 6) is 0.902. The van der Waals surface area contributed by atoms with Gasteiger partial charge in [0.2, 0.25) is 0 Å². The van der Waals surface area contributed by atoms with Gasteiger partial charge < -0.3 is 20.5 Å². The van der Waals surface area contributed by atoms with Crippen molar-refractivity contribution in [1.29, 1.82) is 0 Å². The van der Waals surface area contributed by atoms with Crippen LogP contribution in [0, 0.1) is 5.92 Å². The van der Waals surface area contributed by atoms with E-state index in [1.54, 1.807) is 6.34 Å². The summed E-state index contributed by atoms with van der Waals surface area (Å²) in [6.07, 6.45) is 2.87. The van der Waals surface area contributed by atoms with Gasteiger partial charge in [-0.2, -0.15) is 11.8 Å². The largest absolute Gasteiger partial charge is 0.390 e. The molecule has 4 N–H and O–H groups in total. The van der Waals surface area contributed by atoms with Gasteiger partial charge in [0.25, 0.3) is 0 Å². The molecule has 1 aromatic rings. The number of nitrogens with zero attached hydrogens (tertiary/aromatic N) is 1. The Hall–Kier alpha value is -1.24. The topological polar surface area (TPSA) is 80.6 Å². The Morgan fingerprint density at radius 1 is 1.41 bits per heavy atom. The molecule has 3 rings (SSSR count). The Kier molecular flexibility index (Phi) is 4.34. The molecule has 1 saturated carbocycles. The fraction of sp³-hybridized carbons (Fsp3) is 0.562. The molecule has 2 aliphatic rings. The molecule has 1 fully saturated rings. The molecule has 2 heterocycles. The van der Waals surface area contributed by atoms with E-state index in [4.69, 9.17) is 0 Å².